The van der Waals surface area contributed by atoms with Gasteiger partial charge in [0, 0.05) is 40.3 Å². The number of amides is 1. The van der Waals surface area contributed by atoms with Crippen molar-refractivity contribution in [2.24, 2.45) is 5.92 Å². The molecular formula is C42H39F8N7O5S2. The van der Waals surface area contributed by atoms with Crippen LogP contribution in [0, 0.1) is 36.3 Å². The Bertz CT molecular complexity index is 3010. The van der Waals surface area contributed by atoms with E-state index in [2.05, 4.69) is 37.1 Å². The average Bonchev–Trinajstić information content (AvgIpc) is 4.10. The van der Waals surface area contributed by atoms with Crippen molar-refractivity contribution >= 4 is 42.5 Å². The Morgan fingerprint density at radius 3 is 2.25 bits per heavy atom. The highest BCUT2D eigenvalue weighted by Gasteiger charge is 2.67. The van der Waals surface area contributed by atoms with Crippen LogP contribution in [0.3, 0.4) is 0 Å². The molecule has 12 nitrogen and oxygen atoms in total. The molecular weight excluding hydrogens is 899 g/mol. The molecule has 3 heterocycles. The lowest BCUT2D eigenvalue weighted by Crippen LogP contribution is -2.35. The Morgan fingerprint density at radius 1 is 0.953 bits per heavy atom. The third-order valence-electron chi connectivity index (χ3n) is 11.7. The van der Waals surface area contributed by atoms with Crippen LogP contribution in [0.25, 0.3) is 22.0 Å². The number of benzene rings is 2. The minimum Gasteiger partial charge on any atom is -0.346 e. The molecule has 0 aliphatic heterocycles. The van der Waals surface area contributed by atoms with Crippen molar-refractivity contribution in [3.05, 3.63) is 93.6 Å². The van der Waals surface area contributed by atoms with Crippen LogP contribution in [0.1, 0.15) is 91.0 Å². The van der Waals surface area contributed by atoms with Crippen molar-refractivity contribution in [1.29, 1.82) is 0 Å². The van der Waals surface area contributed by atoms with Gasteiger partial charge in [0.25, 0.3) is 18.8 Å². The number of fused-ring (bicyclic) bond motifs is 4. The van der Waals surface area contributed by atoms with Gasteiger partial charge in [-0.3, -0.25) is 18.9 Å². The SMILES string of the molecule is Cc1ccc(-c2ccc(C#CC(C)(C)S(C)(=O)=O)nc2C(Cc2cc(F)cc(F)c2)NC(=O)Cn2nc(C(F)F)c3c2C(F)(F)C2CC32)c2c1c(NS(=O)(=O)C1CC1)nn2CC(F)F. The van der Waals surface area contributed by atoms with Crippen LogP contribution in [0.15, 0.2) is 42.5 Å². The number of aromatic nitrogens is 5. The van der Waals surface area contributed by atoms with Gasteiger partial charge < -0.3 is 5.32 Å². The summed E-state index contributed by atoms with van der Waals surface area (Å²) in [5.74, 6) is -3.69. The van der Waals surface area contributed by atoms with Crippen molar-refractivity contribution in [2.45, 2.75) is 100 Å². The van der Waals surface area contributed by atoms with Gasteiger partial charge in [-0.2, -0.15) is 19.0 Å². The maximum Gasteiger partial charge on any atom is 0.293 e. The highest BCUT2D eigenvalue weighted by molar-refractivity contribution is 7.93. The Balaban J connectivity index is 1.31. The number of anilines is 1. The Kier molecular flexibility index (Phi) is 11.2. The summed E-state index contributed by atoms with van der Waals surface area (Å²) in [7, 11) is -7.76. The number of carbonyl (C=O) groups excluding carboxylic acids is 1. The molecule has 2 N–H and O–H groups in total. The van der Waals surface area contributed by atoms with Gasteiger partial charge >= 0.3 is 0 Å². The third-order valence-corrected chi connectivity index (χ3v) is 15.5. The lowest BCUT2D eigenvalue weighted by molar-refractivity contribution is -0.123. The summed E-state index contributed by atoms with van der Waals surface area (Å²) in [6, 6.07) is 6.78. The smallest absolute Gasteiger partial charge is 0.293 e. The molecule has 0 radical (unpaired) electrons. The summed E-state index contributed by atoms with van der Waals surface area (Å²) in [5.41, 5.74) is -1.80. The zero-order valence-corrected chi connectivity index (χ0v) is 36.0. The number of nitrogens with zero attached hydrogens (tertiary/aromatic N) is 5. The predicted octanol–water partition coefficient (Wildman–Crippen LogP) is 7.47. The highest BCUT2D eigenvalue weighted by Crippen LogP contribution is 2.68. The number of pyridine rings is 1. The summed E-state index contributed by atoms with van der Waals surface area (Å²) in [6.45, 7) is 2.24. The molecule has 0 spiro atoms. The standard InChI is InChI=1S/C42H39F8N7O5S2/c1-20-5-9-27(37-33(20)40(54-56(37)18-31(45)46)55-64(61,62)25-7-8-25)26-10-6-24(11-12-41(2,3)63(4,59)60)51-35(26)30(15-21-13-22(43)16-23(44)14-21)52-32(58)19-57-38-34(36(53-57)39(47)48)28-17-29(28)42(38,49)50/h5-6,9-10,13-14,16,25,28-31,39H,7-8,15,17-19H2,1-4H3,(H,52,58)(H,54,55). The fourth-order valence-corrected chi connectivity index (χ4v) is 9.68. The highest BCUT2D eigenvalue weighted by atomic mass is 32.2. The van der Waals surface area contributed by atoms with E-state index in [1.165, 1.54) is 32.0 Å². The van der Waals surface area contributed by atoms with Crippen LogP contribution >= 0.6 is 0 Å². The molecule has 2 saturated carbocycles. The monoisotopic (exact) mass is 937 g/mol. The van der Waals surface area contributed by atoms with E-state index in [4.69, 9.17) is 0 Å². The quantitative estimate of drug-likeness (QED) is 0.0858. The molecule has 5 aromatic rings. The number of rotatable bonds is 14. The molecule has 3 unspecified atom stereocenters. The molecule has 8 rings (SSSR count). The van der Waals surface area contributed by atoms with Crippen LogP contribution in [-0.2, 0) is 50.1 Å². The van der Waals surface area contributed by atoms with E-state index in [0.717, 1.165) is 23.1 Å². The van der Waals surface area contributed by atoms with Gasteiger partial charge in [-0.25, -0.2) is 48.2 Å². The van der Waals surface area contributed by atoms with E-state index < -0.39 is 115 Å². The fraction of sp³-hybridized carbons (Fsp3) is 0.429. The number of nitrogens with one attached hydrogen (secondary N) is 2. The van der Waals surface area contributed by atoms with E-state index in [1.807, 2.05) is 0 Å². The summed E-state index contributed by atoms with van der Waals surface area (Å²) < 4.78 is 171. The number of halogens is 8. The topological polar surface area (TPSA) is 158 Å². The van der Waals surface area contributed by atoms with Crippen LogP contribution in [0.4, 0.5) is 40.9 Å². The zero-order chi connectivity index (χ0) is 46.4. The minimum atomic E-state index is -3.98. The predicted molar refractivity (Wildman–Crippen MR) is 218 cm³/mol. The van der Waals surface area contributed by atoms with E-state index >= 15 is 8.78 Å². The summed E-state index contributed by atoms with van der Waals surface area (Å²) in [5, 5.41) is 10.0. The van der Waals surface area contributed by atoms with Crippen LogP contribution in [0.5, 0.6) is 0 Å². The van der Waals surface area contributed by atoms with Crippen molar-refractivity contribution in [2.75, 3.05) is 11.0 Å². The number of hydrogen-bond acceptors (Lipinski definition) is 8. The maximum absolute atomic E-state index is 15.5. The second kappa shape index (κ2) is 15.9. The number of alkyl halides is 6. The summed E-state index contributed by atoms with van der Waals surface area (Å²) in [6.07, 6.45) is -5.03. The molecule has 3 atom stereocenters. The average molecular weight is 938 g/mol. The van der Waals surface area contributed by atoms with Gasteiger partial charge in [-0.05, 0) is 93.7 Å². The van der Waals surface area contributed by atoms with Gasteiger partial charge in [-0.15, -0.1) is 0 Å². The molecule has 3 aromatic heterocycles. The number of sulfone groups is 1. The first-order valence-corrected chi connectivity index (χ1v) is 23.4. The molecule has 2 aromatic carbocycles. The zero-order valence-electron chi connectivity index (χ0n) is 34.4. The van der Waals surface area contributed by atoms with Gasteiger partial charge in [0.05, 0.1) is 22.5 Å². The first kappa shape index (κ1) is 45.0. The maximum atomic E-state index is 15.5. The molecule has 0 saturated heterocycles. The van der Waals surface area contributed by atoms with Crippen molar-refractivity contribution in [3.63, 3.8) is 0 Å². The largest absolute Gasteiger partial charge is 0.346 e. The van der Waals surface area contributed by atoms with Crippen LogP contribution in [-0.4, -0.2) is 70.0 Å². The minimum absolute atomic E-state index is 0.0109. The van der Waals surface area contributed by atoms with E-state index in [9.17, 15) is 48.0 Å². The number of sulfonamides is 1. The lowest BCUT2D eigenvalue weighted by Gasteiger charge is -2.23. The summed E-state index contributed by atoms with van der Waals surface area (Å²) in [4.78, 5) is 18.8. The van der Waals surface area contributed by atoms with Gasteiger partial charge in [0.15, 0.2) is 15.7 Å². The molecule has 64 heavy (non-hydrogen) atoms. The van der Waals surface area contributed by atoms with E-state index in [1.54, 1.807) is 13.0 Å². The van der Waals surface area contributed by atoms with E-state index in [-0.39, 0.29) is 56.8 Å². The molecule has 0 bridgehead atoms. The normalized spacial score (nSPS) is 18.5. The molecule has 3 aliphatic rings. The Hall–Kier alpha value is -5.56. The van der Waals surface area contributed by atoms with E-state index in [0.29, 0.717) is 29.2 Å². The second-order valence-electron chi connectivity index (χ2n) is 16.9. The molecule has 22 heteroatoms. The number of carbonyl (C=O) groups is 1. The molecule has 2 fully saturated rings. The van der Waals surface area contributed by atoms with Gasteiger partial charge in [-0.1, -0.05) is 18.1 Å². The molecule has 1 amide bonds. The Labute approximate surface area is 361 Å². The Morgan fingerprint density at radius 2 is 1.62 bits per heavy atom. The number of aryl methyl sites for hydroxylation is 1. The van der Waals surface area contributed by atoms with Crippen LogP contribution < -0.4 is 10.0 Å². The fourth-order valence-electron chi connectivity index (χ4n) is 8.11. The van der Waals surface area contributed by atoms with Crippen molar-refractivity contribution < 1.29 is 56.8 Å². The lowest BCUT2D eigenvalue weighted by atomic mass is 9.93. The first-order chi connectivity index (χ1) is 29.9. The summed E-state index contributed by atoms with van der Waals surface area (Å²) >= 11 is 0. The van der Waals surface area contributed by atoms with Crippen molar-refractivity contribution in [3.8, 4) is 23.0 Å². The third kappa shape index (κ3) is 8.43. The number of hydrogen-bond donors (Lipinski definition) is 2. The van der Waals surface area contributed by atoms with Gasteiger partial charge in [0.2, 0.25) is 15.9 Å². The molecule has 340 valence electrons. The molecule has 3 aliphatic carbocycles. The van der Waals surface area contributed by atoms with Crippen molar-refractivity contribution in [1.82, 2.24) is 29.9 Å². The first-order valence-electron chi connectivity index (χ1n) is 19.9. The second-order valence-corrected chi connectivity index (χ2v) is 21.4. The van der Waals surface area contributed by atoms with Gasteiger partial charge in [0.1, 0.15) is 46.6 Å². The van der Waals surface area contributed by atoms with Crippen LogP contribution in [0.2, 0.25) is 0 Å².